The topological polar surface area (TPSA) is 116 Å². The lowest BCUT2D eigenvalue weighted by molar-refractivity contribution is -0.122. The van der Waals surface area contributed by atoms with Crippen molar-refractivity contribution in [2.75, 3.05) is 11.4 Å². The Kier molecular flexibility index (Phi) is 4.43. The summed E-state index contributed by atoms with van der Waals surface area (Å²) in [5.74, 6) is -4.65. The van der Waals surface area contributed by atoms with Gasteiger partial charge in [0.25, 0.3) is 17.7 Å². The van der Waals surface area contributed by atoms with Crippen LogP contribution in [0, 0.1) is 11.7 Å². The Morgan fingerprint density at radius 1 is 0.969 bits per heavy atom. The molecule has 3 aliphatic rings. The zero-order valence-electron chi connectivity index (χ0n) is 16.4. The average molecular weight is 434 g/mol. The first-order valence-electron chi connectivity index (χ1n) is 9.83. The Morgan fingerprint density at radius 2 is 1.66 bits per heavy atom. The SMILES string of the molecule is O=C(CCN1C(=O)c2ccccc2C1=O)C1=NN[C@H]2C(=O)N(c3cccc(F)c3)C(=O)[C@@H]12. The van der Waals surface area contributed by atoms with Gasteiger partial charge in [0.2, 0.25) is 5.91 Å². The van der Waals surface area contributed by atoms with Crippen molar-refractivity contribution < 1.29 is 28.4 Å². The van der Waals surface area contributed by atoms with E-state index in [0.29, 0.717) is 0 Å². The average Bonchev–Trinajstić information content (AvgIpc) is 3.40. The quantitative estimate of drug-likeness (QED) is 0.699. The highest BCUT2D eigenvalue weighted by Gasteiger charge is 2.55. The van der Waals surface area contributed by atoms with E-state index in [1.807, 2.05) is 0 Å². The summed E-state index contributed by atoms with van der Waals surface area (Å²) >= 11 is 0. The number of Topliss-reactive ketones (excluding diaryl/α,β-unsaturated/α-hetero) is 1. The van der Waals surface area contributed by atoms with Crippen LogP contribution in [0.2, 0.25) is 0 Å². The molecule has 2 aromatic carbocycles. The van der Waals surface area contributed by atoms with E-state index >= 15 is 0 Å². The van der Waals surface area contributed by atoms with E-state index in [0.717, 1.165) is 15.9 Å². The van der Waals surface area contributed by atoms with Gasteiger partial charge in [-0.05, 0) is 30.3 Å². The van der Waals surface area contributed by atoms with Crippen molar-refractivity contribution >= 4 is 40.8 Å². The standard InChI is InChI=1S/C22H15FN4O5/c23-11-4-3-5-12(10-11)27-21(31)16-17(24-25-18(16)22(27)32)15(28)8-9-26-19(29)13-6-1-2-7-14(13)20(26)30/h1-7,10,16,18,25H,8-9H2/t16-,18+/m0/s1. The summed E-state index contributed by atoms with van der Waals surface area (Å²) in [4.78, 5) is 65.2. The number of hydrazone groups is 1. The second kappa shape index (κ2) is 7.19. The first-order chi connectivity index (χ1) is 15.4. The van der Waals surface area contributed by atoms with Crippen molar-refractivity contribution in [2.45, 2.75) is 12.5 Å². The molecule has 3 aliphatic heterocycles. The van der Waals surface area contributed by atoms with Gasteiger partial charge < -0.3 is 0 Å². The van der Waals surface area contributed by atoms with Gasteiger partial charge in [0.05, 0.1) is 16.8 Å². The zero-order valence-corrected chi connectivity index (χ0v) is 16.4. The number of fused-ring (bicyclic) bond motifs is 2. The van der Waals surface area contributed by atoms with Crippen LogP contribution in [0.1, 0.15) is 27.1 Å². The number of amides is 4. The fraction of sp³-hybridized carbons (Fsp3) is 0.182. The van der Waals surface area contributed by atoms with Gasteiger partial charge >= 0.3 is 0 Å². The van der Waals surface area contributed by atoms with Crippen LogP contribution >= 0.6 is 0 Å². The van der Waals surface area contributed by atoms with Crippen LogP contribution < -0.4 is 10.3 Å². The Labute approximate surface area is 180 Å². The number of benzene rings is 2. The van der Waals surface area contributed by atoms with Crippen LogP contribution in [0.4, 0.5) is 10.1 Å². The number of carbonyl (C=O) groups is 5. The molecule has 3 heterocycles. The number of hydrogen-bond acceptors (Lipinski definition) is 7. The van der Waals surface area contributed by atoms with E-state index < -0.39 is 47.2 Å². The van der Waals surface area contributed by atoms with E-state index in [-0.39, 0.29) is 35.5 Å². The molecule has 160 valence electrons. The van der Waals surface area contributed by atoms with Crippen molar-refractivity contribution in [3.05, 3.63) is 65.5 Å². The molecule has 32 heavy (non-hydrogen) atoms. The minimum atomic E-state index is -1.15. The Hall–Kier alpha value is -4.21. The minimum absolute atomic E-state index is 0.0639. The molecule has 4 amide bonds. The Morgan fingerprint density at radius 3 is 2.31 bits per heavy atom. The molecular weight excluding hydrogens is 419 g/mol. The van der Waals surface area contributed by atoms with Crippen molar-refractivity contribution in [3.63, 3.8) is 0 Å². The Bertz CT molecular complexity index is 1220. The molecule has 0 aliphatic carbocycles. The maximum atomic E-state index is 13.6. The van der Waals surface area contributed by atoms with E-state index in [9.17, 15) is 28.4 Å². The summed E-state index contributed by atoms with van der Waals surface area (Å²) < 4.78 is 13.6. The summed E-state index contributed by atoms with van der Waals surface area (Å²) in [7, 11) is 0. The molecule has 9 nitrogen and oxygen atoms in total. The van der Waals surface area contributed by atoms with E-state index in [1.165, 1.54) is 30.3 Å². The first kappa shape index (κ1) is 19.7. The summed E-state index contributed by atoms with van der Waals surface area (Å²) in [5, 5.41) is 3.88. The van der Waals surface area contributed by atoms with Crippen molar-refractivity contribution in [1.82, 2.24) is 10.3 Å². The minimum Gasteiger partial charge on any atom is -0.296 e. The first-order valence-corrected chi connectivity index (χ1v) is 9.83. The normalized spacial score (nSPS) is 21.6. The largest absolute Gasteiger partial charge is 0.296 e. The molecule has 0 saturated carbocycles. The molecule has 5 rings (SSSR count). The smallest absolute Gasteiger partial charge is 0.261 e. The van der Waals surface area contributed by atoms with Gasteiger partial charge in [-0.1, -0.05) is 18.2 Å². The number of nitrogens with one attached hydrogen (secondary N) is 1. The molecule has 0 radical (unpaired) electrons. The third kappa shape index (κ3) is 2.83. The maximum Gasteiger partial charge on any atom is 0.261 e. The second-order valence-corrected chi connectivity index (χ2v) is 7.55. The second-order valence-electron chi connectivity index (χ2n) is 7.55. The molecule has 2 atom stereocenters. The monoisotopic (exact) mass is 434 g/mol. The third-order valence-corrected chi connectivity index (χ3v) is 5.72. The molecule has 1 fully saturated rings. The predicted octanol–water partition coefficient (Wildman–Crippen LogP) is 0.898. The summed E-state index contributed by atoms with van der Waals surface area (Å²) in [6.07, 6.45) is -0.253. The summed E-state index contributed by atoms with van der Waals surface area (Å²) in [5.41, 5.74) is 2.97. The van der Waals surface area contributed by atoms with Crippen LogP contribution in [-0.2, 0) is 14.4 Å². The van der Waals surface area contributed by atoms with Crippen LogP contribution in [0.15, 0.2) is 53.6 Å². The van der Waals surface area contributed by atoms with Crippen LogP contribution in [0.25, 0.3) is 0 Å². The molecule has 0 spiro atoms. The molecule has 0 unspecified atom stereocenters. The lowest BCUT2D eigenvalue weighted by atomic mass is 9.94. The summed E-state index contributed by atoms with van der Waals surface area (Å²) in [6.45, 7) is -0.183. The van der Waals surface area contributed by atoms with Crippen LogP contribution in [0.3, 0.4) is 0 Å². The van der Waals surface area contributed by atoms with Crippen LogP contribution in [0.5, 0.6) is 0 Å². The number of halogens is 1. The van der Waals surface area contributed by atoms with Gasteiger partial charge in [-0.15, -0.1) is 0 Å². The van der Waals surface area contributed by atoms with Crippen LogP contribution in [-0.4, -0.2) is 52.6 Å². The zero-order chi connectivity index (χ0) is 22.6. The number of ketones is 1. The van der Waals surface area contributed by atoms with Gasteiger partial charge in [0.1, 0.15) is 23.5 Å². The number of anilines is 1. The van der Waals surface area contributed by atoms with Crippen molar-refractivity contribution in [3.8, 4) is 0 Å². The van der Waals surface area contributed by atoms with Gasteiger partial charge in [-0.2, -0.15) is 5.10 Å². The number of imide groups is 2. The molecule has 1 saturated heterocycles. The highest BCUT2D eigenvalue weighted by molar-refractivity contribution is 6.48. The fourth-order valence-electron chi connectivity index (χ4n) is 4.17. The van der Waals surface area contributed by atoms with Gasteiger partial charge in [0.15, 0.2) is 5.78 Å². The summed E-state index contributed by atoms with van der Waals surface area (Å²) in [6, 6.07) is 10.3. The lowest BCUT2D eigenvalue weighted by Gasteiger charge is -2.16. The van der Waals surface area contributed by atoms with Crippen molar-refractivity contribution in [1.29, 1.82) is 0 Å². The number of carbonyl (C=O) groups excluding carboxylic acids is 5. The fourth-order valence-corrected chi connectivity index (χ4v) is 4.17. The van der Waals surface area contributed by atoms with E-state index in [1.54, 1.807) is 12.1 Å². The predicted molar refractivity (Wildman–Crippen MR) is 108 cm³/mol. The third-order valence-electron chi connectivity index (χ3n) is 5.72. The van der Waals surface area contributed by atoms with E-state index in [4.69, 9.17) is 0 Å². The molecule has 0 bridgehead atoms. The molecule has 10 heteroatoms. The Balaban J connectivity index is 1.31. The lowest BCUT2D eigenvalue weighted by Crippen LogP contribution is -2.36. The number of rotatable bonds is 5. The van der Waals surface area contributed by atoms with E-state index in [2.05, 4.69) is 10.5 Å². The maximum absolute atomic E-state index is 13.6. The van der Waals surface area contributed by atoms with Gasteiger partial charge in [-0.3, -0.25) is 34.3 Å². The highest BCUT2D eigenvalue weighted by atomic mass is 19.1. The molecular formula is C22H15FN4O5. The van der Waals surface area contributed by atoms with Crippen molar-refractivity contribution in [2.24, 2.45) is 11.0 Å². The molecule has 0 aromatic heterocycles. The number of nitrogens with zero attached hydrogens (tertiary/aromatic N) is 3. The van der Waals surface area contributed by atoms with Gasteiger partial charge in [0, 0.05) is 13.0 Å². The van der Waals surface area contributed by atoms with Gasteiger partial charge in [-0.25, -0.2) is 9.29 Å². The molecule has 1 N–H and O–H groups in total. The number of hydrogen-bond donors (Lipinski definition) is 1. The highest BCUT2D eigenvalue weighted by Crippen LogP contribution is 2.31. The molecule has 2 aromatic rings.